The number of nitrogens with one attached hydrogen (secondary N) is 2. The lowest BCUT2D eigenvalue weighted by Crippen LogP contribution is -2.58. The second-order valence-electron chi connectivity index (χ2n) is 4.81. The van der Waals surface area contributed by atoms with Crippen molar-refractivity contribution in [2.24, 2.45) is 5.92 Å². The molecule has 2 aliphatic rings. The fourth-order valence-corrected chi connectivity index (χ4v) is 2.37. The molecular weight excluding hydrogens is 192 g/mol. The quantitative estimate of drug-likeness (QED) is 0.618. The van der Waals surface area contributed by atoms with Crippen LogP contribution in [0.3, 0.4) is 0 Å². The van der Waals surface area contributed by atoms with Crippen molar-refractivity contribution in [3.8, 4) is 0 Å². The first-order valence-corrected chi connectivity index (χ1v) is 5.89. The molecule has 0 bridgehead atoms. The van der Waals surface area contributed by atoms with Gasteiger partial charge in [-0.1, -0.05) is 0 Å². The van der Waals surface area contributed by atoms with Crippen molar-refractivity contribution in [1.29, 1.82) is 0 Å². The van der Waals surface area contributed by atoms with Crippen molar-refractivity contribution in [3.05, 3.63) is 0 Å². The number of piperidine rings is 1. The smallest absolute Gasteiger partial charge is 0.223 e. The maximum atomic E-state index is 11.9. The highest BCUT2D eigenvalue weighted by Crippen LogP contribution is 2.31. The monoisotopic (exact) mass is 212 g/mol. The van der Waals surface area contributed by atoms with Gasteiger partial charge in [0.25, 0.3) is 0 Å². The first-order chi connectivity index (χ1) is 7.26. The van der Waals surface area contributed by atoms with Gasteiger partial charge in [-0.3, -0.25) is 4.79 Å². The highest BCUT2D eigenvalue weighted by molar-refractivity contribution is 5.79. The number of hydrogen-bond acceptors (Lipinski definition) is 3. The fourth-order valence-electron chi connectivity index (χ4n) is 2.37. The maximum Gasteiger partial charge on any atom is 0.223 e. The van der Waals surface area contributed by atoms with Crippen molar-refractivity contribution in [3.63, 3.8) is 0 Å². The van der Waals surface area contributed by atoms with E-state index in [-0.39, 0.29) is 24.0 Å². The molecule has 1 saturated heterocycles. The summed E-state index contributed by atoms with van der Waals surface area (Å²) in [5.41, 5.74) is -0.276. The van der Waals surface area contributed by atoms with Gasteiger partial charge in [-0.05, 0) is 45.2 Å². The van der Waals surface area contributed by atoms with Crippen LogP contribution in [0.2, 0.25) is 0 Å². The first kappa shape index (κ1) is 10.9. The third-order valence-corrected chi connectivity index (χ3v) is 3.71. The summed E-state index contributed by atoms with van der Waals surface area (Å²) in [4.78, 5) is 11.9. The van der Waals surface area contributed by atoms with E-state index in [1.165, 1.54) is 0 Å². The van der Waals surface area contributed by atoms with Crippen LogP contribution in [0.25, 0.3) is 0 Å². The second kappa shape index (κ2) is 4.49. The number of hydrogen-bond donors (Lipinski definition) is 3. The largest absolute Gasteiger partial charge is 0.394 e. The maximum absolute atomic E-state index is 11.9. The van der Waals surface area contributed by atoms with E-state index in [1.54, 1.807) is 0 Å². The van der Waals surface area contributed by atoms with E-state index in [1.807, 2.05) is 0 Å². The Morgan fingerprint density at radius 1 is 1.40 bits per heavy atom. The van der Waals surface area contributed by atoms with Crippen molar-refractivity contribution < 1.29 is 9.90 Å². The van der Waals surface area contributed by atoms with Crippen LogP contribution in [0.4, 0.5) is 0 Å². The molecule has 1 aliphatic carbocycles. The zero-order valence-electron chi connectivity index (χ0n) is 9.09. The summed E-state index contributed by atoms with van der Waals surface area (Å²) in [5, 5.41) is 15.5. The van der Waals surface area contributed by atoms with Gasteiger partial charge in [0, 0.05) is 5.92 Å². The van der Waals surface area contributed by atoms with Gasteiger partial charge >= 0.3 is 0 Å². The van der Waals surface area contributed by atoms with Gasteiger partial charge in [-0.2, -0.15) is 0 Å². The Balaban J connectivity index is 1.85. The molecule has 2 fully saturated rings. The van der Waals surface area contributed by atoms with Crippen LogP contribution in [0.15, 0.2) is 0 Å². The average Bonchev–Trinajstić information content (AvgIpc) is 2.24. The van der Waals surface area contributed by atoms with Crippen LogP contribution in [0.5, 0.6) is 0 Å². The van der Waals surface area contributed by atoms with Crippen molar-refractivity contribution in [2.45, 2.75) is 37.6 Å². The summed E-state index contributed by atoms with van der Waals surface area (Å²) >= 11 is 0. The zero-order chi connectivity index (χ0) is 10.7. The molecule has 0 aromatic rings. The van der Waals surface area contributed by atoms with E-state index in [0.717, 1.165) is 45.2 Å². The second-order valence-corrected chi connectivity index (χ2v) is 4.81. The molecule has 4 heteroatoms. The van der Waals surface area contributed by atoms with Gasteiger partial charge in [-0.25, -0.2) is 0 Å². The third kappa shape index (κ3) is 2.32. The minimum Gasteiger partial charge on any atom is -0.394 e. The summed E-state index contributed by atoms with van der Waals surface area (Å²) < 4.78 is 0. The van der Waals surface area contributed by atoms with Gasteiger partial charge in [0.1, 0.15) is 0 Å². The molecule has 1 aliphatic heterocycles. The summed E-state index contributed by atoms with van der Waals surface area (Å²) in [6.45, 7) is 1.96. The molecule has 0 unspecified atom stereocenters. The van der Waals surface area contributed by atoms with E-state index in [4.69, 9.17) is 0 Å². The molecule has 1 heterocycles. The molecule has 1 saturated carbocycles. The highest BCUT2D eigenvalue weighted by atomic mass is 16.3. The lowest BCUT2D eigenvalue weighted by Gasteiger charge is -2.42. The van der Waals surface area contributed by atoms with Crippen LogP contribution in [0, 0.1) is 5.92 Å². The summed E-state index contributed by atoms with van der Waals surface area (Å²) in [6.07, 6.45) is 4.83. The first-order valence-electron chi connectivity index (χ1n) is 5.89. The molecule has 1 amide bonds. The molecule has 0 atom stereocenters. The minimum absolute atomic E-state index is 0.0870. The lowest BCUT2D eigenvalue weighted by molar-refractivity contribution is -0.129. The molecule has 3 N–H and O–H groups in total. The summed E-state index contributed by atoms with van der Waals surface area (Å²) in [5.74, 6) is 0.292. The molecule has 2 rings (SSSR count). The van der Waals surface area contributed by atoms with E-state index in [9.17, 15) is 9.90 Å². The van der Waals surface area contributed by atoms with Crippen LogP contribution in [-0.2, 0) is 4.79 Å². The molecule has 15 heavy (non-hydrogen) atoms. The van der Waals surface area contributed by atoms with E-state index < -0.39 is 0 Å². The molecule has 0 spiro atoms. The predicted octanol–water partition coefficient (Wildman–Crippen LogP) is 0.0172. The summed E-state index contributed by atoms with van der Waals surface area (Å²) in [6, 6.07) is 0. The number of rotatable bonds is 3. The molecule has 0 aromatic carbocycles. The molecule has 0 aromatic heterocycles. The van der Waals surface area contributed by atoms with E-state index in [2.05, 4.69) is 10.6 Å². The van der Waals surface area contributed by atoms with Gasteiger partial charge < -0.3 is 15.7 Å². The van der Waals surface area contributed by atoms with Crippen LogP contribution < -0.4 is 10.6 Å². The Morgan fingerprint density at radius 3 is 2.53 bits per heavy atom. The minimum atomic E-state index is -0.276. The Kier molecular flexibility index (Phi) is 3.26. The Morgan fingerprint density at radius 2 is 2.07 bits per heavy atom. The Bertz CT molecular complexity index is 227. The van der Waals surface area contributed by atoms with E-state index >= 15 is 0 Å². The number of carbonyl (C=O) groups is 1. The number of aliphatic hydroxyl groups excluding tert-OH is 1. The van der Waals surface area contributed by atoms with Gasteiger partial charge in [0.15, 0.2) is 0 Å². The number of aliphatic hydroxyl groups is 1. The molecule has 86 valence electrons. The lowest BCUT2D eigenvalue weighted by atomic mass is 9.77. The molecule has 4 nitrogen and oxygen atoms in total. The van der Waals surface area contributed by atoms with Crippen LogP contribution in [0.1, 0.15) is 32.1 Å². The average molecular weight is 212 g/mol. The highest BCUT2D eigenvalue weighted by Gasteiger charge is 2.39. The van der Waals surface area contributed by atoms with Crippen molar-refractivity contribution in [2.75, 3.05) is 19.7 Å². The van der Waals surface area contributed by atoms with Crippen molar-refractivity contribution in [1.82, 2.24) is 10.6 Å². The van der Waals surface area contributed by atoms with Gasteiger partial charge in [0.2, 0.25) is 5.91 Å². The Hall–Kier alpha value is -0.610. The van der Waals surface area contributed by atoms with Gasteiger partial charge in [0.05, 0.1) is 12.1 Å². The normalized spacial score (nSPS) is 25.7. The molecular formula is C11H20N2O2. The van der Waals surface area contributed by atoms with Crippen LogP contribution in [-0.4, -0.2) is 36.2 Å². The summed E-state index contributed by atoms with van der Waals surface area (Å²) in [7, 11) is 0. The zero-order valence-corrected chi connectivity index (χ0v) is 9.09. The third-order valence-electron chi connectivity index (χ3n) is 3.71. The van der Waals surface area contributed by atoms with Crippen LogP contribution >= 0.6 is 0 Å². The van der Waals surface area contributed by atoms with Gasteiger partial charge in [-0.15, -0.1) is 0 Å². The van der Waals surface area contributed by atoms with Crippen molar-refractivity contribution >= 4 is 5.91 Å². The standard InChI is InChI=1S/C11H20N2O2/c14-8-11(4-1-5-11)13-10(15)9-2-6-12-7-3-9/h9,12,14H,1-8H2,(H,13,15). The molecule has 0 radical (unpaired) electrons. The topological polar surface area (TPSA) is 61.4 Å². The Labute approximate surface area is 90.4 Å². The van der Waals surface area contributed by atoms with E-state index in [0.29, 0.717) is 0 Å². The SMILES string of the molecule is O=C(NC1(CO)CCC1)C1CCNCC1. The fraction of sp³-hybridized carbons (Fsp3) is 0.909. The number of carbonyl (C=O) groups excluding carboxylic acids is 1. The number of amides is 1. The predicted molar refractivity (Wildman–Crippen MR) is 57.4 cm³/mol.